The highest BCUT2D eigenvalue weighted by Gasteiger charge is 2.44. The second-order valence-corrected chi connectivity index (χ2v) is 6.15. The van der Waals surface area contributed by atoms with Crippen molar-refractivity contribution >= 4 is 22.9 Å². The van der Waals surface area contributed by atoms with Crippen LogP contribution in [0.3, 0.4) is 0 Å². The standard InChI is InChI=1S/C17H15F4N3O3/c18-16(19)17(20,21)9-27-15(26)11-6-2-1-5-10(11)14(25)24-13-8-4-3-7-12(13)22-23-24/h1-4,7-8,10-11,16H,5-6,9H2/t10-,11-/m0/s1. The van der Waals surface area contributed by atoms with Crippen LogP contribution in [-0.4, -0.2) is 45.8 Å². The molecule has 1 aromatic heterocycles. The Hall–Kier alpha value is -2.78. The third-order valence-electron chi connectivity index (χ3n) is 4.34. The zero-order valence-electron chi connectivity index (χ0n) is 13.9. The van der Waals surface area contributed by atoms with Crippen LogP contribution in [0.25, 0.3) is 11.0 Å². The van der Waals surface area contributed by atoms with Gasteiger partial charge in [-0.1, -0.05) is 29.5 Å². The molecule has 0 spiro atoms. The lowest BCUT2D eigenvalue weighted by Gasteiger charge is -2.26. The number of fused-ring (bicyclic) bond motifs is 1. The third kappa shape index (κ3) is 3.83. The van der Waals surface area contributed by atoms with Crippen molar-refractivity contribution in [1.82, 2.24) is 15.0 Å². The summed E-state index contributed by atoms with van der Waals surface area (Å²) in [5, 5.41) is 7.66. The Morgan fingerprint density at radius 1 is 1.19 bits per heavy atom. The number of rotatable bonds is 5. The fraction of sp³-hybridized carbons (Fsp3) is 0.412. The molecule has 2 aromatic rings. The van der Waals surface area contributed by atoms with Crippen molar-refractivity contribution < 1.29 is 31.9 Å². The Morgan fingerprint density at radius 2 is 1.85 bits per heavy atom. The predicted octanol–water partition coefficient (Wildman–Crippen LogP) is 3.10. The van der Waals surface area contributed by atoms with Gasteiger partial charge in [-0.15, -0.1) is 5.10 Å². The lowest BCUT2D eigenvalue weighted by Crippen LogP contribution is -2.39. The molecular formula is C17H15F4N3O3. The summed E-state index contributed by atoms with van der Waals surface area (Å²) in [6, 6.07) is 6.69. The SMILES string of the molecule is O=C(OCC(F)(F)C(F)F)[C@H]1CC=CC[C@@H]1C(=O)n1nnc2ccccc21. The second-order valence-electron chi connectivity index (χ2n) is 6.15. The molecule has 10 heteroatoms. The Kier molecular flexibility index (Phi) is 5.24. The van der Waals surface area contributed by atoms with Crippen LogP contribution in [0, 0.1) is 11.8 Å². The molecule has 2 atom stereocenters. The summed E-state index contributed by atoms with van der Waals surface area (Å²) in [7, 11) is 0. The summed E-state index contributed by atoms with van der Waals surface area (Å²) in [5.74, 6) is -8.10. The molecule has 0 N–H and O–H groups in total. The number of halogens is 4. The number of allylic oxidation sites excluding steroid dienone is 2. The normalized spacial score (nSPS) is 20.2. The number of aromatic nitrogens is 3. The first kappa shape index (κ1) is 19.0. The summed E-state index contributed by atoms with van der Waals surface area (Å²) >= 11 is 0. The van der Waals surface area contributed by atoms with Gasteiger partial charge in [0.1, 0.15) is 5.52 Å². The number of carbonyl (C=O) groups excluding carboxylic acids is 2. The summed E-state index contributed by atoms with van der Waals surface area (Å²) in [6.07, 6.45) is -0.421. The number of hydrogen-bond acceptors (Lipinski definition) is 5. The molecule has 0 aliphatic heterocycles. The van der Waals surface area contributed by atoms with Crippen molar-refractivity contribution in [3.63, 3.8) is 0 Å². The molecule has 1 aliphatic carbocycles. The van der Waals surface area contributed by atoms with Crippen LogP contribution in [0.1, 0.15) is 17.6 Å². The first-order chi connectivity index (χ1) is 12.8. The zero-order valence-corrected chi connectivity index (χ0v) is 13.9. The topological polar surface area (TPSA) is 74.1 Å². The molecule has 27 heavy (non-hydrogen) atoms. The Balaban J connectivity index is 1.78. The molecule has 0 amide bonds. The van der Waals surface area contributed by atoms with Crippen LogP contribution >= 0.6 is 0 Å². The molecule has 6 nitrogen and oxygen atoms in total. The van der Waals surface area contributed by atoms with E-state index in [4.69, 9.17) is 0 Å². The highest BCUT2D eigenvalue weighted by molar-refractivity contribution is 5.93. The van der Waals surface area contributed by atoms with E-state index < -0.39 is 42.7 Å². The van der Waals surface area contributed by atoms with Gasteiger partial charge < -0.3 is 4.74 Å². The van der Waals surface area contributed by atoms with Crippen LogP contribution in [-0.2, 0) is 9.53 Å². The molecule has 1 aliphatic rings. The van der Waals surface area contributed by atoms with Gasteiger partial charge in [-0.2, -0.15) is 13.5 Å². The van der Waals surface area contributed by atoms with Crippen LogP contribution < -0.4 is 0 Å². The monoisotopic (exact) mass is 385 g/mol. The molecule has 1 aromatic carbocycles. The minimum atomic E-state index is -4.44. The van der Waals surface area contributed by atoms with E-state index >= 15 is 0 Å². The van der Waals surface area contributed by atoms with Crippen LogP contribution in [0.15, 0.2) is 36.4 Å². The van der Waals surface area contributed by atoms with E-state index in [1.54, 1.807) is 36.4 Å². The second kappa shape index (κ2) is 7.45. The molecule has 144 valence electrons. The summed E-state index contributed by atoms with van der Waals surface area (Å²) in [6.45, 7) is -1.74. The molecule has 0 radical (unpaired) electrons. The smallest absolute Gasteiger partial charge is 0.340 e. The van der Waals surface area contributed by atoms with Gasteiger partial charge in [0.25, 0.3) is 5.91 Å². The molecule has 1 heterocycles. The van der Waals surface area contributed by atoms with Crippen molar-refractivity contribution in [3.8, 4) is 0 Å². The lowest BCUT2D eigenvalue weighted by atomic mass is 9.82. The number of nitrogens with zero attached hydrogens (tertiary/aromatic N) is 3. The number of benzene rings is 1. The molecule has 0 saturated heterocycles. The Bertz CT molecular complexity index is 881. The van der Waals surface area contributed by atoms with Gasteiger partial charge >= 0.3 is 18.3 Å². The number of para-hydroxylation sites is 1. The molecule has 0 unspecified atom stereocenters. The van der Waals surface area contributed by atoms with E-state index in [-0.39, 0.29) is 12.8 Å². The van der Waals surface area contributed by atoms with Gasteiger partial charge in [0.2, 0.25) is 0 Å². The number of esters is 1. The first-order valence-electron chi connectivity index (χ1n) is 8.13. The van der Waals surface area contributed by atoms with Gasteiger partial charge in [-0.25, -0.2) is 8.78 Å². The minimum Gasteiger partial charge on any atom is -0.459 e. The number of carbonyl (C=O) groups is 2. The highest BCUT2D eigenvalue weighted by Crippen LogP contribution is 2.30. The van der Waals surface area contributed by atoms with Gasteiger partial charge in [0.05, 0.1) is 17.4 Å². The fourth-order valence-electron chi connectivity index (χ4n) is 2.87. The van der Waals surface area contributed by atoms with Crippen molar-refractivity contribution in [2.24, 2.45) is 11.8 Å². The quantitative estimate of drug-likeness (QED) is 0.449. The fourth-order valence-corrected chi connectivity index (χ4v) is 2.87. The Morgan fingerprint density at radius 3 is 2.56 bits per heavy atom. The third-order valence-corrected chi connectivity index (χ3v) is 4.34. The summed E-state index contributed by atoms with van der Waals surface area (Å²) < 4.78 is 55.9. The minimum absolute atomic E-state index is 0.0715. The molecule has 3 rings (SSSR count). The number of alkyl halides is 4. The van der Waals surface area contributed by atoms with E-state index in [0.29, 0.717) is 11.0 Å². The van der Waals surface area contributed by atoms with Gasteiger partial charge in [-0.05, 0) is 25.0 Å². The number of hydrogen-bond donors (Lipinski definition) is 0. The van der Waals surface area contributed by atoms with E-state index in [0.717, 1.165) is 4.68 Å². The maximum absolute atomic E-state index is 13.0. The van der Waals surface area contributed by atoms with Gasteiger partial charge in [0.15, 0.2) is 6.61 Å². The van der Waals surface area contributed by atoms with Crippen molar-refractivity contribution in [3.05, 3.63) is 36.4 Å². The molecule has 0 fully saturated rings. The van der Waals surface area contributed by atoms with Crippen LogP contribution in [0.5, 0.6) is 0 Å². The van der Waals surface area contributed by atoms with E-state index in [1.807, 2.05) is 0 Å². The van der Waals surface area contributed by atoms with Crippen LogP contribution in [0.2, 0.25) is 0 Å². The van der Waals surface area contributed by atoms with Crippen molar-refractivity contribution in [2.45, 2.75) is 25.2 Å². The average molecular weight is 385 g/mol. The largest absolute Gasteiger partial charge is 0.459 e. The zero-order chi connectivity index (χ0) is 19.6. The number of ether oxygens (including phenoxy) is 1. The van der Waals surface area contributed by atoms with E-state index in [9.17, 15) is 27.2 Å². The summed E-state index contributed by atoms with van der Waals surface area (Å²) in [5.41, 5.74) is 0.918. The Labute approximate surface area is 150 Å². The maximum Gasteiger partial charge on any atom is 0.340 e. The van der Waals surface area contributed by atoms with E-state index in [2.05, 4.69) is 15.0 Å². The van der Waals surface area contributed by atoms with Gasteiger partial charge in [-0.3, -0.25) is 9.59 Å². The molecular weight excluding hydrogens is 370 g/mol. The van der Waals surface area contributed by atoms with Crippen LogP contribution in [0.4, 0.5) is 17.6 Å². The van der Waals surface area contributed by atoms with E-state index in [1.165, 1.54) is 0 Å². The molecule has 0 saturated carbocycles. The average Bonchev–Trinajstić information content (AvgIpc) is 3.09. The van der Waals surface area contributed by atoms with Gasteiger partial charge in [0, 0.05) is 0 Å². The highest BCUT2D eigenvalue weighted by atomic mass is 19.3. The first-order valence-corrected chi connectivity index (χ1v) is 8.13. The van der Waals surface area contributed by atoms with Crippen molar-refractivity contribution in [1.29, 1.82) is 0 Å². The summed E-state index contributed by atoms with van der Waals surface area (Å²) in [4.78, 5) is 25.0. The maximum atomic E-state index is 13.0. The predicted molar refractivity (Wildman–Crippen MR) is 85.4 cm³/mol. The molecule has 0 bridgehead atoms. The van der Waals surface area contributed by atoms with Crippen molar-refractivity contribution in [2.75, 3.05) is 6.61 Å². The lowest BCUT2D eigenvalue weighted by molar-refractivity contribution is -0.183.